The highest BCUT2D eigenvalue weighted by molar-refractivity contribution is 5.91. The summed E-state index contributed by atoms with van der Waals surface area (Å²) in [7, 11) is 0. The van der Waals surface area contributed by atoms with E-state index in [1.54, 1.807) is 0 Å². The molecule has 2 nitrogen and oxygen atoms in total. The fourth-order valence-electron chi connectivity index (χ4n) is 2.44. The maximum Gasteiger partial charge on any atom is 0.133 e. The van der Waals surface area contributed by atoms with Gasteiger partial charge in [0.1, 0.15) is 5.82 Å². The molecule has 0 aliphatic carbocycles. The lowest BCUT2D eigenvalue weighted by atomic mass is 9.99. The Bertz CT molecular complexity index is 502. The Hall–Kier alpha value is -1.57. The molecule has 1 aromatic heterocycles. The molecule has 0 amide bonds. The third kappa shape index (κ3) is 3.69. The molecule has 2 aromatic rings. The second kappa shape index (κ2) is 7.13. The van der Waals surface area contributed by atoms with Gasteiger partial charge >= 0.3 is 0 Å². The summed E-state index contributed by atoms with van der Waals surface area (Å²) in [4.78, 5) is 4.48. The summed E-state index contributed by atoms with van der Waals surface area (Å²) in [5.74, 6) is 1.77. The van der Waals surface area contributed by atoms with Gasteiger partial charge in [-0.05, 0) is 23.8 Å². The number of benzene rings is 1. The molecular weight excluding hydrogens is 232 g/mol. The van der Waals surface area contributed by atoms with Crippen LogP contribution in [0.4, 0.5) is 5.82 Å². The normalized spacial score (nSPS) is 12.5. The summed E-state index contributed by atoms with van der Waals surface area (Å²) in [6, 6.07) is 10.5. The van der Waals surface area contributed by atoms with Crippen LogP contribution in [0.2, 0.25) is 0 Å². The molecule has 2 rings (SSSR count). The molecule has 0 aliphatic heterocycles. The average Bonchev–Trinajstić information content (AvgIpc) is 2.47. The zero-order valence-corrected chi connectivity index (χ0v) is 12.0. The second-order valence-corrected chi connectivity index (χ2v) is 5.18. The molecule has 19 heavy (non-hydrogen) atoms. The number of aromatic nitrogens is 1. The average molecular weight is 256 g/mol. The van der Waals surface area contributed by atoms with Crippen molar-refractivity contribution in [3.05, 3.63) is 36.5 Å². The molecule has 0 aliphatic rings. The molecule has 0 saturated heterocycles. The summed E-state index contributed by atoms with van der Waals surface area (Å²) in [6.07, 6.45) is 7.03. The van der Waals surface area contributed by atoms with E-state index in [4.69, 9.17) is 0 Å². The predicted molar refractivity (Wildman–Crippen MR) is 83.5 cm³/mol. The predicted octanol–water partition coefficient (Wildman–Crippen LogP) is 4.86. The number of fused-ring (bicyclic) bond motifs is 1. The highest BCUT2D eigenvalue weighted by atomic mass is 15.0. The largest absolute Gasteiger partial charge is 0.369 e. The summed E-state index contributed by atoms with van der Waals surface area (Å²) in [5, 5.41) is 6.01. The van der Waals surface area contributed by atoms with Gasteiger partial charge in [0.2, 0.25) is 0 Å². The summed E-state index contributed by atoms with van der Waals surface area (Å²) >= 11 is 0. The first kappa shape index (κ1) is 13.9. The van der Waals surface area contributed by atoms with Crippen molar-refractivity contribution in [1.82, 2.24) is 4.98 Å². The first-order chi connectivity index (χ1) is 9.35. The van der Waals surface area contributed by atoms with Crippen LogP contribution in [0.5, 0.6) is 0 Å². The number of nitrogens with one attached hydrogen (secondary N) is 1. The number of nitrogens with zero attached hydrogens (tertiary/aromatic N) is 1. The number of hydrogen-bond donors (Lipinski definition) is 1. The zero-order valence-electron chi connectivity index (χ0n) is 12.0. The minimum atomic E-state index is 0.751. The molecule has 0 bridgehead atoms. The van der Waals surface area contributed by atoms with Crippen LogP contribution in [0.1, 0.15) is 39.5 Å². The number of anilines is 1. The Labute approximate surface area is 116 Å². The van der Waals surface area contributed by atoms with Gasteiger partial charge in [-0.15, -0.1) is 0 Å². The fourth-order valence-corrected chi connectivity index (χ4v) is 2.44. The zero-order chi connectivity index (χ0) is 13.5. The van der Waals surface area contributed by atoms with E-state index in [2.05, 4.69) is 54.5 Å². The summed E-state index contributed by atoms with van der Waals surface area (Å²) < 4.78 is 0. The molecule has 1 N–H and O–H groups in total. The first-order valence-electron chi connectivity index (χ1n) is 7.42. The van der Waals surface area contributed by atoms with E-state index >= 15 is 0 Å². The molecule has 0 saturated carbocycles. The van der Waals surface area contributed by atoms with Crippen molar-refractivity contribution in [3.63, 3.8) is 0 Å². The lowest BCUT2D eigenvalue weighted by molar-refractivity contribution is 0.472. The van der Waals surface area contributed by atoms with Crippen LogP contribution in [0.3, 0.4) is 0 Å². The van der Waals surface area contributed by atoms with E-state index in [-0.39, 0.29) is 0 Å². The Morgan fingerprint density at radius 1 is 1.16 bits per heavy atom. The minimum absolute atomic E-state index is 0.751. The first-order valence-corrected chi connectivity index (χ1v) is 7.42. The highest BCUT2D eigenvalue weighted by Gasteiger charge is 2.07. The summed E-state index contributed by atoms with van der Waals surface area (Å²) in [6.45, 7) is 5.56. The fraction of sp³-hybridized carbons (Fsp3) is 0.471. The molecule has 0 fully saturated rings. The van der Waals surface area contributed by atoms with Crippen molar-refractivity contribution < 1.29 is 0 Å². The molecule has 1 atom stereocenters. The third-order valence-corrected chi connectivity index (χ3v) is 3.78. The summed E-state index contributed by atoms with van der Waals surface area (Å²) in [5.41, 5.74) is 0. The Balaban J connectivity index is 2.04. The Morgan fingerprint density at radius 2 is 2.00 bits per heavy atom. The number of hydrogen-bond acceptors (Lipinski definition) is 2. The third-order valence-electron chi connectivity index (χ3n) is 3.78. The molecule has 0 radical (unpaired) electrons. The topological polar surface area (TPSA) is 24.9 Å². The lowest BCUT2D eigenvalue weighted by Crippen LogP contribution is -2.14. The molecule has 0 spiro atoms. The van der Waals surface area contributed by atoms with Gasteiger partial charge in [0, 0.05) is 18.1 Å². The number of unbranched alkanes of at least 4 members (excludes halogenated alkanes) is 1. The Morgan fingerprint density at radius 3 is 2.79 bits per heavy atom. The Kier molecular flexibility index (Phi) is 5.20. The van der Waals surface area contributed by atoms with E-state index in [1.807, 2.05) is 6.20 Å². The molecule has 2 heteroatoms. The van der Waals surface area contributed by atoms with Crippen LogP contribution >= 0.6 is 0 Å². The van der Waals surface area contributed by atoms with Gasteiger partial charge in [0.05, 0.1) is 0 Å². The van der Waals surface area contributed by atoms with Crippen LogP contribution in [0.25, 0.3) is 10.8 Å². The van der Waals surface area contributed by atoms with Crippen LogP contribution in [-0.2, 0) is 0 Å². The van der Waals surface area contributed by atoms with Crippen LogP contribution in [0, 0.1) is 5.92 Å². The van der Waals surface area contributed by atoms with Crippen molar-refractivity contribution in [1.29, 1.82) is 0 Å². The maximum atomic E-state index is 4.48. The molecule has 1 unspecified atom stereocenters. The van der Waals surface area contributed by atoms with Crippen molar-refractivity contribution in [2.75, 3.05) is 11.9 Å². The monoisotopic (exact) mass is 256 g/mol. The van der Waals surface area contributed by atoms with Crippen molar-refractivity contribution in [3.8, 4) is 0 Å². The maximum absolute atomic E-state index is 4.48. The van der Waals surface area contributed by atoms with Gasteiger partial charge < -0.3 is 5.32 Å². The van der Waals surface area contributed by atoms with E-state index in [9.17, 15) is 0 Å². The molecule has 102 valence electrons. The van der Waals surface area contributed by atoms with Gasteiger partial charge in [-0.25, -0.2) is 4.98 Å². The number of rotatable bonds is 7. The van der Waals surface area contributed by atoms with Gasteiger partial charge in [0.15, 0.2) is 0 Å². The molecule has 1 aromatic carbocycles. The van der Waals surface area contributed by atoms with Gasteiger partial charge in [0.25, 0.3) is 0 Å². The van der Waals surface area contributed by atoms with Gasteiger partial charge in [-0.1, -0.05) is 57.4 Å². The van der Waals surface area contributed by atoms with Gasteiger partial charge in [-0.3, -0.25) is 0 Å². The van der Waals surface area contributed by atoms with Crippen LogP contribution in [0.15, 0.2) is 36.5 Å². The smallest absolute Gasteiger partial charge is 0.133 e. The van der Waals surface area contributed by atoms with Crippen molar-refractivity contribution in [2.24, 2.45) is 5.92 Å². The van der Waals surface area contributed by atoms with E-state index < -0.39 is 0 Å². The highest BCUT2D eigenvalue weighted by Crippen LogP contribution is 2.21. The van der Waals surface area contributed by atoms with E-state index in [1.165, 1.54) is 36.5 Å². The minimum Gasteiger partial charge on any atom is -0.369 e. The standard InChI is InChI=1S/C17H24N2/c1-3-5-8-14(4-2)13-19-17-16-10-7-6-9-15(16)11-12-18-17/h6-7,9-12,14H,3-5,8,13H2,1-2H3,(H,18,19). The second-order valence-electron chi connectivity index (χ2n) is 5.18. The van der Waals surface area contributed by atoms with Crippen molar-refractivity contribution >= 4 is 16.6 Å². The quantitative estimate of drug-likeness (QED) is 0.765. The van der Waals surface area contributed by atoms with Crippen molar-refractivity contribution in [2.45, 2.75) is 39.5 Å². The lowest BCUT2D eigenvalue weighted by Gasteiger charge is -2.16. The van der Waals surface area contributed by atoms with Crippen LogP contribution < -0.4 is 5.32 Å². The molecule has 1 heterocycles. The SMILES string of the molecule is CCCCC(CC)CNc1nccc2ccccc12. The van der Waals surface area contributed by atoms with E-state index in [0.717, 1.165) is 18.3 Å². The molecular formula is C17H24N2. The number of pyridine rings is 1. The van der Waals surface area contributed by atoms with Crippen LogP contribution in [-0.4, -0.2) is 11.5 Å². The van der Waals surface area contributed by atoms with Gasteiger partial charge in [-0.2, -0.15) is 0 Å². The van der Waals surface area contributed by atoms with E-state index in [0.29, 0.717) is 0 Å².